The summed E-state index contributed by atoms with van der Waals surface area (Å²) in [6, 6.07) is 22.9. The van der Waals surface area contributed by atoms with Crippen molar-refractivity contribution >= 4 is 40.4 Å². The molecule has 2 aromatic heterocycles. The van der Waals surface area contributed by atoms with Crippen LogP contribution in [0.4, 0.5) is 5.82 Å². The van der Waals surface area contributed by atoms with Crippen LogP contribution in [0.25, 0.3) is 23.1 Å². The van der Waals surface area contributed by atoms with Crippen molar-refractivity contribution in [3.63, 3.8) is 0 Å². The number of halogens is 1. The smallest absolute Gasteiger partial charge is 0.249 e. The van der Waals surface area contributed by atoms with Gasteiger partial charge in [0.1, 0.15) is 5.82 Å². The van der Waals surface area contributed by atoms with Gasteiger partial charge in [-0.25, -0.2) is 4.98 Å². The molecule has 8 nitrogen and oxygen atoms in total. The van der Waals surface area contributed by atoms with Gasteiger partial charge in [0.15, 0.2) is 11.5 Å². The number of carbonyl (C=O) groups excluding carboxylic acids is 1. The first-order valence-corrected chi connectivity index (χ1v) is 12.1. The molecule has 0 fully saturated rings. The topological polar surface area (TPSA) is 83.2 Å². The number of imidazole rings is 1. The molecule has 0 bridgehead atoms. The number of ether oxygens (including phenoxy) is 2. The van der Waals surface area contributed by atoms with Crippen molar-refractivity contribution in [2.24, 2.45) is 0 Å². The summed E-state index contributed by atoms with van der Waals surface area (Å²) in [7, 11) is 0. The molecule has 5 aromatic rings. The normalized spacial score (nSPS) is 12.5. The number of rotatable bonds is 6. The van der Waals surface area contributed by atoms with Gasteiger partial charge in [-0.15, -0.1) is 0 Å². The highest BCUT2D eigenvalue weighted by molar-refractivity contribution is 6.30. The van der Waals surface area contributed by atoms with Crippen LogP contribution in [0.5, 0.6) is 11.5 Å². The first-order valence-electron chi connectivity index (χ1n) is 11.7. The fourth-order valence-corrected chi connectivity index (χ4v) is 4.51. The highest BCUT2D eigenvalue weighted by atomic mass is 35.5. The molecule has 3 heterocycles. The summed E-state index contributed by atoms with van der Waals surface area (Å²) in [5, 5.41) is 8.25. The number of aromatic nitrogens is 4. The minimum Gasteiger partial charge on any atom is -0.454 e. The van der Waals surface area contributed by atoms with E-state index < -0.39 is 0 Å². The third kappa shape index (κ3) is 4.66. The van der Waals surface area contributed by atoms with Gasteiger partial charge < -0.3 is 19.4 Å². The monoisotopic (exact) mass is 511 g/mol. The minimum atomic E-state index is -0.295. The average molecular weight is 512 g/mol. The molecule has 1 N–H and O–H groups in total. The molecule has 0 radical (unpaired) electrons. The van der Waals surface area contributed by atoms with E-state index in [1.165, 1.54) is 6.08 Å². The second kappa shape index (κ2) is 9.48. The van der Waals surface area contributed by atoms with Gasteiger partial charge in [-0.1, -0.05) is 41.9 Å². The maximum atomic E-state index is 12.9. The summed E-state index contributed by atoms with van der Waals surface area (Å²) < 4.78 is 14.5. The van der Waals surface area contributed by atoms with Gasteiger partial charge >= 0.3 is 0 Å². The molecule has 6 rings (SSSR count). The first kappa shape index (κ1) is 22.9. The maximum Gasteiger partial charge on any atom is 0.249 e. The molecule has 37 heavy (non-hydrogen) atoms. The second-order valence-electron chi connectivity index (χ2n) is 8.63. The molecule has 0 aliphatic carbocycles. The quantitative estimate of drug-likeness (QED) is 0.299. The van der Waals surface area contributed by atoms with Crippen LogP contribution in [0.3, 0.4) is 0 Å². The van der Waals surface area contributed by atoms with Gasteiger partial charge in [-0.3, -0.25) is 4.79 Å². The zero-order chi connectivity index (χ0) is 25.4. The van der Waals surface area contributed by atoms with E-state index in [9.17, 15) is 4.79 Å². The molecular formula is C28H22ClN5O3. The highest BCUT2D eigenvalue weighted by Gasteiger charge is 2.18. The Morgan fingerprint density at radius 2 is 1.92 bits per heavy atom. The lowest BCUT2D eigenvalue weighted by molar-refractivity contribution is -0.111. The van der Waals surface area contributed by atoms with Crippen LogP contribution in [0.2, 0.25) is 5.02 Å². The van der Waals surface area contributed by atoms with Gasteiger partial charge in [-0.2, -0.15) is 9.78 Å². The number of para-hydroxylation sites is 2. The van der Waals surface area contributed by atoms with E-state index in [1.54, 1.807) is 10.8 Å². The van der Waals surface area contributed by atoms with Gasteiger partial charge in [0.05, 0.1) is 23.3 Å². The van der Waals surface area contributed by atoms with E-state index >= 15 is 0 Å². The minimum absolute atomic E-state index is 0.203. The molecule has 0 saturated carbocycles. The zero-order valence-electron chi connectivity index (χ0n) is 19.9. The number of amides is 1. The Morgan fingerprint density at radius 3 is 2.81 bits per heavy atom. The lowest BCUT2D eigenvalue weighted by Crippen LogP contribution is -2.15. The second-order valence-corrected chi connectivity index (χ2v) is 9.07. The van der Waals surface area contributed by atoms with E-state index in [1.807, 2.05) is 79.7 Å². The third-order valence-electron chi connectivity index (χ3n) is 5.96. The SMILES string of the molecule is Cc1cc(NC(=O)/C=C/c2ccc3c(c2)OCO3)n(-c2nc3ccccc3n2Cc2cccc(Cl)c2)n1. The largest absolute Gasteiger partial charge is 0.454 e. The summed E-state index contributed by atoms with van der Waals surface area (Å²) in [6.45, 7) is 2.61. The summed E-state index contributed by atoms with van der Waals surface area (Å²) in [5.41, 5.74) is 4.38. The summed E-state index contributed by atoms with van der Waals surface area (Å²) in [4.78, 5) is 17.7. The van der Waals surface area contributed by atoms with Crippen molar-refractivity contribution in [2.75, 3.05) is 12.1 Å². The summed E-state index contributed by atoms with van der Waals surface area (Å²) in [6.07, 6.45) is 3.19. The van der Waals surface area contributed by atoms with E-state index in [2.05, 4.69) is 15.0 Å². The average Bonchev–Trinajstić information content (AvgIpc) is 3.59. The van der Waals surface area contributed by atoms with Crippen LogP contribution in [0, 0.1) is 6.92 Å². The van der Waals surface area contributed by atoms with Crippen LogP contribution < -0.4 is 14.8 Å². The van der Waals surface area contributed by atoms with Crippen molar-refractivity contribution in [1.29, 1.82) is 0 Å². The van der Waals surface area contributed by atoms with E-state index in [4.69, 9.17) is 26.1 Å². The van der Waals surface area contributed by atoms with Crippen molar-refractivity contribution in [3.8, 4) is 17.4 Å². The Morgan fingerprint density at radius 1 is 1.05 bits per heavy atom. The molecule has 184 valence electrons. The Kier molecular flexibility index (Phi) is 5.86. The Hall–Kier alpha value is -4.56. The van der Waals surface area contributed by atoms with Gasteiger partial charge in [-0.05, 0) is 60.5 Å². The van der Waals surface area contributed by atoms with Gasteiger partial charge in [0, 0.05) is 17.2 Å². The molecule has 3 aromatic carbocycles. The molecule has 1 aliphatic rings. The van der Waals surface area contributed by atoms with Crippen molar-refractivity contribution in [2.45, 2.75) is 13.5 Å². The standard InChI is InChI=1S/C28H22ClN5O3/c1-18-13-26(31-27(35)12-10-19-9-11-24-25(15-19)37-17-36-24)34(32-18)28-30-22-7-2-3-8-23(22)33(28)16-20-5-4-6-21(29)14-20/h2-15H,16-17H2,1H3,(H,31,35)/b12-10+. The molecule has 0 atom stereocenters. The van der Waals surface area contributed by atoms with Crippen molar-refractivity contribution < 1.29 is 14.3 Å². The van der Waals surface area contributed by atoms with E-state index in [0.717, 1.165) is 27.9 Å². The van der Waals surface area contributed by atoms with Crippen LogP contribution in [-0.2, 0) is 11.3 Å². The number of nitrogens with one attached hydrogen (secondary N) is 1. The van der Waals surface area contributed by atoms with Crippen LogP contribution in [-0.4, -0.2) is 32.0 Å². The van der Waals surface area contributed by atoms with Crippen LogP contribution in [0.1, 0.15) is 16.8 Å². The number of hydrogen-bond donors (Lipinski definition) is 1. The number of hydrogen-bond acceptors (Lipinski definition) is 5. The van der Waals surface area contributed by atoms with Crippen molar-refractivity contribution in [1.82, 2.24) is 19.3 Å². The molecule has 9 heteroatoms. The van der Waals surface area contributed by atoms with Gasteiger partial charge in [0.25, 0.3) is 0 Å². The molecular weight excluding hydrogens is 490 g/mol. The lowest BCUT2D eigenvalue weighted by atomic mass is 10.2. The maximum absolute atomic E-state index is 12.9. The number of anilines is 1. The first-order chi connectivity index (χ1) is 18.0. The summed E-state index contributed by atoms with van der Waals surface area (Å²) >= 11 is 6.24. The van der Waals surface area contributed by atoms with Gasteiger partial charge in [0.2, 0.25) is 18.6 Å². The number of carbonyl (C=O) groups is 1. The van der Waals surface area contributed by atoms with Crippen LogP contribution in [0.15, 0.2) is 78.9 Å². The summed E-state index contributed by atoms with van der Waals surface area (Å²) in [5.74, 6) is 2.16. The number of aryl methyl sites for hydroxylation is 1. The molecule has 1 amide bonds. The molecule has 0 saturated heterocycles. The molecule has 0 unspecified atom stereocenters. The number of benzene rings is 3. The zero-order valence-corrected chi connectivity index (χ0v) is 20.6. The molecule has 1 aliphatic heterocycles. The fraction of sp³-hybridized carbons (Fsp3) is 0.107. The molecule has 0 spiro atoms. The fourth-order valence-electron chi connectivity index (χ4n) is 4.30. The highest BCUT2D eigenvalue weighted by Crippen LogP contribution is 2.33. The van der Waals surface area contributed by atoms with E-state index in [0.29, 0.717) is 34.8 Å². The predicted octanol–water partition coefficient (Wildman–Crippen LogP) is 5.61. The number of fused-ring (bicyclic) bond motifs is 2. The Bertz CT molecular complexity index is 1670. The van der Waals surface area contributed by atoms with E-state index in [-0.39, 0.29) is 12.7 Å². The third-order valence-corrected chi connectivity index (χ3v) is 6.20. The van der Waals surface area contributed by atoms with Crippen LogP contribution >= 0.6 is 11.6 Å². The predicted molar refractivity (Wildman–Crippen MR) is 142 cm³/mol. The number of nitrogens with zero attached hydrogens (tertiary/aromatic N) is 4. The lowest BCUT2D eigenvalue weighted by Gasteiger charge is -2.12. The Balaban J connectivity index is 1.32. The Labute approximate surface area is 217 Å². The van der Waals surface area contributed by atoms with Crippen molar-refractivity contribution in [3.05, 3.63) is 101 Å².